The fourth-order valence-corrected chi connectivity index (χ4v) is 1.66. The normalized spacial score (nSPS) is 10.1. The maximum absolute atomic E-state index is 5.66. The summed E-state index contributed by atoms with van der Waals surface area (Å²) in [5.41, 5.74) is 8.12. The first-order valence-corrected chi connectivity index (χ1v) is 5.85. The van der Waals surface area contributed by atoms with Gasteiger partial charge in [-0.15, -0.1) is 0 Å². The van der Waals surface area contributed by atoms with Crippen LogP contribution in [-0.2, 0) is 6.54 Å². The van der Waals surface area contributed by atoms with Crippen molar-refractivity contribution in [1.29, 1.82) is 0 Å². The quantitative estimate of drug-likeness (QED) is 0.809. The lowest BCUT2D eigenvalue weighted by atomic mass is 10.2. The van der Waals surface area contributed by atoms with Gasteiger partial charge in [0, 0.05) is 11.9 Å². The van der Waals surface area contributed by atoms with E-state index in [0.717, 1.165) is 17.0 Å². The van der Waals surface area contributed by atoms with Gasteiger partial charge in [-0.05, 0) is 31.2 Å². The molecule has 0 spiro atoms. The van der Waals surface area contributed by atoms with E-state index in [-0.39, 0.29) is 0 Å². The summed E-state index contributed by atoms with van der Waals surface area (Å²) >= 11 is 4.99. The van der Waals surface area contributed by atoms with Crippen LogP contribution in [0, 0.1) is 6.92 Å². The third-order valence-corrected chi connectivity index (χ3v) is 2.58. The second-order valence-corrected chi connectivity index (χ2v) is 4.22. The minimum absolute atomic E-state index is 0.323. The largest absolute Gasteiger partial charge is 0.389 e. The molecule has 0 saturated heterocycles. The lowest BCUT2D eigenvalue weighted by Crippen LogP contribution is -2.15. The summed E-state index contributed by atoms with van der Waals surface area (Å²) in [6, 6.07) is 7.46. The van der Waals surface area contributed by atoms with Crippen LogP contribution in [0.1, 0.15) is 17.0 Å². The third kappa shape index (κ3) is 2.98. The Bertz CT molecular complexity index is 556. The van der Waals surface area contributed by atoms with Crippen molar-refractivity contribution < 1.29 is 0 Å². The lowest BCUT2D eigenvalue weighted by molar-refractivity contribution is 0.919. The molecule has 0 atom stereocenters. The number of aryl methyl sites for hydroxylation is 1. The molecule has 0 radical (unpaired) electrons. The molecular formula is C12H13N5S. The molecule has 0 saturated carbocycles. The Balaban J connectivity index is 2.18. The van der Waals surface area contributed by atoms with E-state index in [4.69, 9.17) is 18.0 Å². The van der Waals surface area contributed by atoms with Gasteiger partial charge in [0.25, 0.3) is 0 Å². The van der Waals surface area contributed by atoms with E-state index in [1.165, 1.54) is 0 Å². The van der Waals surface area contributed by atoms with Gasteiger partial charge in [0.1, 0.15) is 10.8 Å². The zero-order valence-corrected chi connectivity index (χ0v) is 10.7. The van der Waals surface area contributed by atoms with Crippen molar-refractivity contribution in [2.45, 2.75) is 13.5 Å². The van der Waals surface area contributed by atoms with E-state index in [0.29, 0.717) is 17.4 Å². The molecule has 2 rings (SSSR count). The average molecular weight is 259 g/mol. The molecule has 0 aromatic carbocycles. The first-order valence-electron chi connectivity index (χ1n) is 5.44. The number of nitrogens with two attached hydrogens (primary N) is 1. The molecule has 2 aromatic rings. The summed E-state index contributed by atoms with van der Waals surface area (Å²) in [6.07, 6.45) is 1.63. The number of pyridine rings is 1. The lowest BCUT2D eigenvalue weighted by Gasteiger charge is -2.10. The van der Waals surface area contributed by atoms with Crippen molar-refractivity contribution in [3.8, 4) is 0 Å². The second-order valence-electron chi connectivity index (χ2n) is 3.78. The van der Waals surface area contributed by atoms with Crippen LogP contribution in [0.4, 0.5) is 5.82 Å². The summed E-state index contributed by atoms with van der Waals surface area (Å²) < 4.78 is 0. The van der Waals surface area contributed by atoms with E-state index in [1.807, 2.05) is 31.2 Å². The Morgan fingerprint density at radius 3 is 2.89 bits per heavy atom. The van der Waals surface area contributed by atoms with Crippen LogP contribution in [-0.4, -0.2) is 20.2 Å². The van der Waals surface area contributed by atoms with Gasteiger partial charge in [-0.3, -0.25) is 0 Å². The van der Waals surface area contributed by atoms with Crippen LogP contribution in [0.2, 0.25) is 0 Å². The van der Waals surface area contributed by atoms with Gasteiger partial charge >= 0.3 is 0 Å². The third-order valence-electron chi connectivity index (χ3n) is 2.36. The van der Waals surface area contributed by atoms with Crippen LogP contribution >= 0.6 is 12.2 Å². The average Bonchev–Trinajstić information content (AvgIpc) is 2.37. The summed E-state index contributed by atoms with van der Waals surface area (Å²) in [6.45, 7) is 2.44. The number of hydrogen-bond donors (Lipinski definition) is 2. The van der Waals surface area contributed by atoms with Crippen LogP contribution in [0.5, 0.6) is 0 Å². The van der Waals surface area contributed by atoms with E-state index in [1.54, 1.807) is 6.20 Å². The predicted octanol–water partition coefficient (Wildman–Crippen LogP) is 1.43. The molecule has 0 aliphatic rings. The maximum Gasteiger partial charge on any atom is 0.136 e. The summed E-state index contributed by atoms with van der Waals surface area (Å²) in [7, 11) is 0. The highest BCUT2D eigenvalue weighted by molar-refractivity contribution is 7.80. The highest BCUT2D eigenvalue weighted by Crippen LogP contribution is 2.14. The smallest absolute Gasteiger partial charge is 0.136 e. The summed E-state index contributed by atoms with van der Waals surface area (Å²) in [4.78, 5) is 4.71. The van der Waals surface area contributed by atoms with Crippen LogP contribution in [0.3, 0.4) is 0 Å². The first kappa shape index (κ1) is 12.4. The van der Waals surface area contributed by atoms with E-state index >= 15 is 0 Å². The molecule has 6 heteroatoms. The molecule has 3 N–H and O–H groups in total. The number of anilines is 1. The highest BCUT2D eigenvalue weighted by atomic mass is 32.1. The molecule has 0 amide bonds. The van der Waals surface area contributed by atoms with E-state index < -0.39 is 0 Å². The molecule has 0 bridgehead atoms. The molecule has 0 unspecified atom stereocenters. The van der Waals surface area contributed by atoms with Crippen molar-refractivity contribution in [2.24, 2.45) is 5.73 Å². The van der Waals surface area contributed by atoms with Crippen molar-refractivity contribution in [3.05, 3.63) is 47.4 Å². The van der Waals surface area contributed by atoms with Crippen LogP contribution in [0.25, 0.3) is 0 Å². The van der Waals surface area contributed by atoms with Crippen molar-refractivity contribution in [3.63, 3.8) is 0 Å². The zero-order chi connectivity index (χ0) is 13.0. The number of nitrogens with zero attached hydrogens (tertiary/aromatic N) is 3. The van der Waals surface area contributed by atoms with E-state index in [2.05, 4.69) is 20.5 Å². The molecule has 92 valence electrons. The molecule has 2 heterocycles. The molecule has 18 heavy (non-hydrogen) atoms. The minimum Gasteiger partial charge on any atom is -0.389 e. The Morgan fingerprint density at radius 1 is 1.39 bits per heavy atom. The monoisotopic (exact) mass is 259 g/mol. The predicted molar refractivity (Wildman–Crippen MR) is 74.2 cm³/mol. The topological polar surface area (TPSA) is 76.7 Å². The van der Waals surface area contributed by atoms with Gasteiger partial charge < -0.3 is 11.1 Å². The van der Waals surface area contributed by atoms with E-state index in [9.17, 15) is 0 Å². The molecule has 0 fully saturated rings. The van der Waals surface area contributed by atoms with Crippen molar-refractivity contribution in [2.75, 3.05) is 5.32 Å². The Hall–Kier alpha value is -2.08. The fraction of sp³-hybridized carbons (Fsp3) is 0.167. The number of nitrogens with one attached hydrogen (secondary N) is 1. The Morgan fingerprint density at radius 2 is 2.22 bits per heavy atom. The molecule has 0 aliphatic heterocycles. The van der Waals surface area contributed by atoms with Crippen molar-refractivity contribution in [1.82, 2.24) is 15.2 Å². The van der Waals surface area contributed by atoms with Gasteiger partial charge in [-0.1, -0.05) is 12.2 Å². The number of aromatic nitrogens is 3. The summed E-state index contributed by atoms with van der Waals surface area (Å²) in [5, 5.41) is 11.0. The van der Waals surface area contributed by atoms with Gasteiger partial charge in [0.2, 0.25) is 0 Å². The van der Waals surface area contributed by atoms with Gasteiger partial charge in [0.05, 0.1) is 17.8 Å². The highest BCUT2D eigenvalue weighted by Gasteiger charge is 2.07. The standard InChI is InChI=1S/C12H13N5S/c1-8-4-5-10(11(13)18)12(16-8)14-7-9-3-2-6-15-17-9/h2-6H,7H2,1H3,(H2,13,18)(H,14,16). The van der Waals surface area contributed by atoms with Gasteiger partial charge in [-0.25, -0.2) is 4.98 Å². The van der Waals surface area contributed by atoms with Crippen LogP contribution < -0.4 is 11.1 Å². The van der Waals surface area contributed by atoms with Gasteiger partial charge in [0.15, 0.2) is 0 Å². The number of hydrogen-bond acceptors (Lipinski definition) is 5. The molecule has 5 nitrogen and oxygen atoms in total. The Kier molecular flexibility index (Phi) is 3.78. The van der Waals surface area contributed by atoms with Gasteiger partial charge in [-0.2, -0.15) is 10.2 Å². The fourth-order valence-electron chi connectivity index (χ4n) is 1.49. The maximum atomic E-state index is 5.66. The molecule has 2 aromatic heterocycles. The second kappa shape index (κ2) is 5.50. The van der Waals surface area contributed by atoms with Crippen molar-refractivity contribution >= 4 is 23.0 Å². The molecule has 0 aliphatic carbocycles. The summed E-state index contributed by atoms with van der Waals surface area (Å²) in [5.74, 6) is 0.674. The minimum atomic E-state index is 0.323. The molecular weight excluding hydrogens is 246 g/mol. The SMILES string of the molecule is Cc1ccc(C(N)=S)c(NCc2cccnn2)n1. The number of thiocarbonyl (C=S) groups is 1. The van der Waals surface area contributed by atoms with Crippen LogP contribution in [0.15, 0.2) is 30.5 Å². The number of rotatable bonds is 4. The first-order chi connectivity index (χ1) is 8.66. The Labute approximate surface area is 110 Å². The zero-order valence-electron chi connectivity index (χ0n) is 9.92.